The van der Waals surface area contributed by atoms with E-state index >= 15 is 0 Å². The molecule has 0 fully saturated rings. The average Bonchev–Trinajstić information content (AvgIpc) is 2.34. The van der Waals surface area contributed by atoms with Crippen LogP contribution in [0.4, 0.5) is 0 Å². The van der Waals surface area contributed by atoms with Crippen LogP contribution in [0.2, 0.25) is 0 Å². The Bertz CT molecular complexity index is 402. The molecule has 0 aliphatic carbocycles. The van der Waals surface area contributed by atoms with Gasteiger partial charge in [-0.2, -0.15) is 0 Å². The van der Waals surface area contributed by atoms with E-state index in [9.17, 15) is 4.79 Å². The summed E-state index contributed by atoms with van der Waals surface area (Å²) in [6.45, 7) is 10.2. The normalized spacial score (nSPS) is 13.2. The third-order valence-corrected chi connectivity index (χ3v) is 3.26. The molecule has 0 radical (unpaired) electrons. The molecule has 0 heterocycles. The van der Waals surface area contributed by atoms with Crippen LogP contribution >= 0.6 is 0 Å². The molecule has 0 saturated heterocycles. The van der Waals surface area contributed by atoms with E-state index in [-0.39, 0.29) is 17.8 Å². The van der Waals surface area contributed by atoms with E-state index in [4.69, 9.17) is 4.74 Å². The third kappa shape index (κ3) is 3.86. The summed E-state index contributed by atoms with van der Waals surface area (Å²) in [5.41, 5.74) is 0.840. The molecule has 0 aromatic heterocycles. The van der Waals surface area contributed by atoms with Gasteiger partial charge < -0.3 is 4.74 Å². The molecule has 2 heteroatoms. The minimum absolute atomic E-state index is 0.126. The molecule has 18 heavy (non-hydrogen) atoms. The molecule has 0 amide bonds. The zero-order valence-electron chi connectivity index (χ0n) is 12.1. The Balaban J connectivity index is 2.76. The molecule has 0 saturated carbocycles. The van der Waals surface area contributed by atoms with Crippen molar-refractivity contribution in [3.63, 3.8) is 0 Å². The van der Waals surface area contributed by atoms with E-state index in [1.165, 1.54) is 5.56 Å². The molecule has 2 nitrogen and oxygen atoms in total. The van der Waals surface area contributed by atoms with Crippen molar-refractivity contribution >= 4 is 5.78 Å². The van der Waals surface area contributed by atoms with Gasteiger partial charge in [0.2, 0.25) is 0 Å². The fourth-order valence-electron chi connectivity index (χ4n) is 1.60. The summed E-state index contributed by atoms with van der Waals surface area (Å²) in [7, 11) is 0. The second-order valence-corrected chi connectivity index (χ2v) is 5.81. The van der Waals surface area contributed by atoms with E-state index in [2.05, 4.69) is 19.9 Å². The van der Waals surface area contributed by atoms with Crippen molar-refractivity contribution in [2.24, 2.45) is 5.41 Å². The van der Waals surface area contributed by atoms with Gasteiger partial charge in [0.1, 0.15) is 12.4 Å². The van der Waals surface area contributed by atoms with Gasteiger partial charge in [0.25, 0.3) is 0 Å². The Morgan fingerprint density at radius 2 is 1.89 bits per heavy atom. The minimum Gasteiger partial charge on any atom is -0.486 e. The van der Waals surface area contributed by atoms with Gasteiger partial charge >= 0.3 is 0 Å². The largest absolute Gasteiger partial charge is 0.486 e. The Morgan fingerprint density at radius 3 is 2.44 bits per heavy atom. The highest BCUT2D eigenvalue weighted by atomic mass is 16.5. The number of hydrogen-bond donors (Lipinski definition) is 0. The van der Waals surface area contributed by atoms with E-state index in [0.717, 1.165) is 12.2 Å². The molecule has 1 aromatic carbocycles. The quantitative estimate of drug-likeness (QED) is 0.780. The van der Waals surface area contributed by atoms with Gasteiger partial charge in [0.15, 0.2) is 5.78 Å². The van der Waals surface area contributed by atoms with E-state index in [1.54, 1.807) is 0 Å². The number of carbonyl (C=O) groups excluding carboxylic acids is 1. The number of rotatable bonds is 5. The molecular weight excluding hydrogens is 224 g/mol. The summed E-state index contributed by atoms with van der Waals surface area (Å²) >= 11 is 0. The van der Waals surface area contributed by atoms with Gasteiger partial charge in [-0.15, -0.1) is 0 Å². The van der Waals surface area contributed by atoms with Crippen LogP contribution in [0.5, 0.6) is 5.75 Å². The predicted molar refractivity (Wildman–Crippen MR) is 75.1 cm³/mol. The molecular formula is C16H24O2. The number of carbonyl (C=O) groups is 1. The predicted octanol–water partition coefficient (Wildman–Crippen LogP) is 4.19. The van der Waals surface area contributed by atoms with Crippen LogP contribution in [0, 0.1) is 5.41 Å². The SMILES string of the molecule is CCC(C)c1ccccc1OCC(=O)C(C)(C)C. The average molecular weight is 248 g/mol. The molecule has 1 unspecified atom stereocenters. The van der Waals surface area contributed by atoms with Gasteiger partial charge in [0.05, 0.1) is 0 Å². The van der Waals surface area contributed by atoms with Crippen LogP contribution in [0.1, 0.15) is 52.5 Å². The van der Waals surface area contributed by atoms with Crippen LogP contribution in [0.25, 0.3) is 0 Å². The fraction of sp³-hybridized carbons (Fsp3) is 0.562. The maximum atomic E-state index is 11.9. The van der Waals surface area contributed by atoms with Gasteiger partial charge in [-0.3, -0.25) is 4.79 Å². The van der Waals surface area contributed by atoms with Gasteiger partial charge in [0, 0.05) is 5.41 Å². The molecule has 0 spiro atoms. The first kappa shape index (κ1) is 14.7. The Hall–Kier alpha value is -1.31. The summed E-state index contributed by atoms with van der Waals surface area (Å²) in [5.74, 6) is 1.41. The number of para-hydroxylation sites is 1. The lowest BCUT2D eigenvalue weighted by Gasteiger charge is -2.19. The zero-order chi connectivity index (χ0) is 13.8. The lowest BCUT2D eigenvalue weighted by Crippen LogP contribution is -2.26. The second-order valence-electron chi connectivity index (χ2n) is 5.81. The third-order valence-electron chi connectivity index (χ3n) is 3.26. The van der Waals surface area contributed by atoms with Crippen molar-refractivity contribution in [2.75, 3.05) is 6.61 Å². The molecule has 0 N–H and O–H groups in total. The van der Waals surface area contributed by atoms with Crippen LogP contribution < -0.4 is 4.74 Å². The molecule has 0 bridgehead atoms. The molecule has 0 aliphatic rings. The van der Waals surface area contributed by atoms with Crippen molar-refractivity contribution in [2.45, 2.75) is 47.0 Å². The Morgan fingerprint density at radius 1 is 1.28 bits per heavy atom. The first-order valence-corrected chi connectivity index (χ1v) is 6.61. The van der Waals surface area contributed by atoms with Crippen molar-refractivity contribution in [1.82, 2.24) is 0 Å². The Kier molecular flexibility index (Phi) is 4.94. The van der Waals surface area contributed by atoms with Gasteiger partial charge in [-0.1, -0.05) is 52.8 Å². The number of benzene rings is 1. The maximum absolute atomic E-state index is 11.9. The smallest absolute Gasteiger partial charge is 0.175 e. The first-order valence-electron chi connectivity index (χ1n) is 6.61. The highest BCUT2D eigenvalue weighted by molar-refractivity contribution is 5.85. The highest BCUT2D eigenvalue weighted by Crippen LogP contribution is 2.28. The number of ketones is 1. The van der Waals surface area contributed by atoms with Gasteiger partial charge in [-0.25, -0.2) is 0 Å². The lowest BCUT2D eigenvalue weighted by molar-refractivity contribution is -0.128. The highest BCUT2D eigenvalue weighted by Gasteiger charge is 2.22. The maximum Gasteiger partial charge on any atom is 0.175 e. The van der Waals surface area contributed by atoms with E-state index in [1.807, 2.05) is 39.0 Å². The first-order chi connectivity index (χ1) is 8.36. The summed E-state index contributed by atoms with van der Waals surface area (Å²) in [6, 6.07) is 7.98. The van der Waals surface area contributed by atoms with Crippen LogP contribution in [-0.4, -0.2) is 12.4 Å². The zero-order valence-corrected chi connectivity index (χ0v) is 12.1. The molecule has 1 aromatic rings. The number of Topliss-reactive ketones (excluding diaryl/α,β-unsaturated/α-hetero) is 1. The summed E-state index contributed by atoms with van der Waals surface area (Å²) in [6.07, 6.45) is 1.06. The van der Waals surface area contributed by atoms with Crippen molar-refractivity contribution in [3.8, 4) is 5.75 Å². The number of ether oxygens (including phenoxy) is 1. The molecule has 0 aliphatic heterocycles. The molecule has 1 rings (SSSR count). The summed E-state index contributed by atoms with van der Waals surface area (Å²) < 4.78 is 5.70. The monoisotopic (exact) mass is 248 g/mol. The molecule has 1 atom stereocenters. The van der Waals surface area contributed by atoms with Crippen LogP contribution in [0.3, 0.4) is 0 Å². The van der Waals surface area contributed by atoms with E-state index in [0.29, 0.717) is 5.92 Å². The topological polar surface area (TPSA) is 26.3 Å². The van der Waals surface area contributed by atoms with E-state index < -0.39 is 0 Å². The fourth-order valence-corrected chi connectivity index (χ4v) is 1.60. The van der Waals surface area contributed by atoms with Crippen LogP contribution in [-0.2, 0) is 4.79 Å². The molecule has 100 valence electrons. The van der Waals surface area contributed by atoms with Crippen molar-refractivity contribution < 1.29 is 9.53 Å². The van der Waals surface area contributed by atoms with Crippen LogP contribution in [0.15, 0.2) is 24.3 Å². The standard InChI is InChI=1S/C16H24O2/c1-6-12(2)13-9-7-8-10-14(13)18-11-15(17)16(3,4)5/h7-10,12H,6,11H2,1-5H3. The lowest BCUT2D eigenvalue weighted by atomic mass is 9.91. The summed E-state index contributed by atoms with van der Waals surface area (Å²) in [5, 5.41) is 0. The number of hydrogen-bond acceptors (Lipinski definition) is 2. The van der Waals surface area contributed by atoms with Crippen molar-refractivity contribution in [3.05, 3.63) is 29.8 Å². The van der Waals surface area contributed by atoms with Crippen molar-refractivity contribution in [1.29, 1.82) is 0 Å². The van der Waals surface area contributed by atoms with Gasteiger partial charge in [-0.05, 0) is 24.0 Å². The Labute approximate surface area is 110 Å². The minimum atomic E-state index is -0.342. The summed E-state index contributed by atoms with van der Waals surface area (Å²) in [4.78, 5) is 11.9. The second kappa shape index (κ2) is 6.03.